The Kier molecular flexibility index (Phi) is 7.01. The standard InChI is InChI=1S/C22H18N4O8/c1-33-19-9-7-13(25(29)30)11-15(19)21(27)23-17-5-3-4-6-18(17)24-22(28)16-12-14(26(31)32)8-10-20(16)34-2/h3-12H,1-2H3,(H,23,27)(H,24,28). The number of carbonyl (C=O) groups excluding carboxylic acids is 2. The number of rotatable bonds is 8. The molecule has 0 saturated carbocycles. The van der Waals surface area contributed by atoms with Crippen LogP contribution in [-0.2, 0) is 0 Å². The Morgan fingerprint density at radius 2 is 1.09 bits per heavy atom. The third-order valence-corrected chi connectivity index (χ3v) is 4.70. The lowest BCUT2D eigenvalue weighted by Crippen LogP contribution is -2.18. The zero-order valence-electron chi connectivity index (χ0n) is 17.9. The topological polar surface area (TPSA) is 163 Å². The Morgan fingerprint density at radius 3 is 1.41 bits per heavy atom. The van der Waals surface area contributed by atoms with Crippen molar-refractivity contribution in [2.45, 2.75) is 0 Å². The summed E-state index contributed by atoms with van der Waals surface area (Å²) in [7, 11) is 2.64. The van der Waals surface area contributed by atoms with E-state index in [0.29, 0.717) is 0 Å². The highest BCUT2D eigenvalue weighted by Gasteiger charge is 2.21. The molecule has 12 nitrogen and oxygen atoms in total. The van der Waals surface area contributed by atoms with Crippen LogP contribution in [0.25, 0.3) is 0 Å². The number of anilines is 2. The minimum absolute atomic E-state index is 0.0850. The molecule has 0 aliphatic rings. The molecule has 3 aromatic carbocycles. The van der Waals surface area contributed by atoms with E-state index >= 15 is 0 Å². The quantitative estimate of drug-likeness (QED) is 0.371. The predicted molar refractivity (Wildman–Crippen MR) is 122 cm³/mol. The molecule has 0 aliphatic heterocycles. The number of benzene rings is 3. The van der Waals surface area contributed by atoms with Crippen molar-refractivity contribution in [3.63, 3.8) is 0 Å². The van der Waals surface area contributed by atoms with Gasteiger partial charge in [0.2, 0.25) is 0 Å². The van der Waals surface area contributed by atoms with Crippen molar-refractivity contribution in [2.75, 3.05) is 24.9 Å². The van der Waals surface area contributed by atoms with Gasteiger partial charge in [-0.1, -0.05) is 12.1 Å². The van der Waals surface area contributed by atoms with Gasteiger partial charge in [0, 0.05) is 24.3 Å². The van der Waals surface area contributed by atoms with E-state index in [1.165, 1.54) is 50.6 Å². The van der Waals surface area contributed by atoms with Crippen molar-refractivity contribution >= 4 is 34.6 Å². The van der Waals surface area contributed by atoms with E-state index < -0.39 is 21.7 Å². The van der Waals surface area contributed by atoms with Gasteiger partial charge in [0.25, 0.3) is 23.2 Å². The van der Waals surface area contributed by atoms with Gasteiger partial charge in [0.05, 0.1) is 46.6 Å². The molecule has 0 atom stereocenters. The molecule has 0 spiro atoms. The van der Waals surface area contributed by atoms with Crippen molar-refractivity contribution in [1.82, 2.24) is 0 Å². The molecule has 0 bridgehead atoms. The van der Waals surface area contributed by atoms with E-state index in [-0.39, 0.29) is 45.4 Å². The van der Waals surface area contributed by atoms with Gasteiger partial charge in [-0.15, -0.1) is 0 Å². The molecule has 0 aromatic heterocycles. The van der Waals surface area contributed by atoms with Crippen molar-refractivity contribution in [3.05, 3.63) is 92.0 Å². The normalized spacial score (nSPS) is 10.2. The summed E-state index contributed by atoms with van der Waals surface area (Å²) in [6.07, 6.45) is 0. The second-order valence-electron chi connectivity index (χ2n) is 6.74. The van der Waals surface area contributed by atoms with Crippen LogP contribution in [0.2, 0.25) is 0 Å². The number of hydrogen-bond acceptors (Lipinski definition) is 8. The smallest absolute Gasteiger partial charge is 0.270 e. The number of nitro groups is 2. The van der Waals surface area contributed by atoms with Crippen LogP contribution in [0.4, 0.5) is 22.7 Å². The molecule has 0 aliphatic carbocycles. The Hall–Kier alpha value is -5.00. The number of amides is 2. The number of methoxy groups -OCH3 is 2. The molecule has 34 heavy (non-hydrogen) atoms. The SMILES string of the molecule is COc1ccc([N+](=O)[O-])cc1C(=O)Nc1ccccc1NC(=O)c1cc([N+](=O)[O-])ccc1OC. The maximum Gasteiger partial charge on any atom is 0.270 e. The number of nitrogens with zero attached hydrogens (tertiary/aromatic N) is 2. The molecule has 0 saturated heterocycles. The minimum atomic E-state index is -0.713. The summed E-state index contributed by atoms with van der Waals surface area (Å²) in [5.74, 6) is -1.19. The second-order valence-corrected chi connectivity index (χ2v) is 6.74. The first-order chi connectivity index (χ1) is 16.2. The molecule has 12 heteroatoms. The van der Waals surface area contributed by atoms with E-state index in [2.05, 4.69) is 10.6 Å². The fourth-order valence-electron chi connectivity index (χ4n) is 3.05. The monoisotopic (exact) mass is 466 g/mol. The van der Waals surface area contributed by atoms with Crippen LogP contribution in [0, 0.1) is 20.2 Å². The second kappa shape index (κ2) is 10.1. The van der Waals surface area contributed by atoms with Crippen LogP contribution in [0.3, 0.4) is 0 Å². The van der Waals surface area contributed by atoms with Gasteiger partial charge < -0.3 is 20.1 Å². The van der Waals surface area contributed by atoms with Crippen LogP contribution < -0.4 is 20.1 Å². The minimum Gasteiger partial charge on any atom is -0.496 e. The van der Waals surface area contributed by atoms with Crippen molar-refractivity contribution in [1.29, 1.82) is 0 Å². The Labute approximate surface area is 192 Å². The van der Waals surface area contributed by atoms with Gasteiger partial charge in [-0.2, -0.15) is 0 Å². The van der Waals surface area contributed by atoms with Gasteiger partial charge in [-0.05, 0) is 24.3 Å². The lowest BCUT2D eigenvalue weighted by Gasteiger charge is -2.14. The maximum absolute atomic E-state index is 12.9. The zero-order chi connectivity index (χ0) is 24.8. The lowest BCUT2D eigenvalue weighted by molar-refractivity contribution is -0.385. The lowest BCUT2D eigenvalue weighted by atomic mass is 10.1. The van der Waals surface area contributed by atoms with E-state index in [9.17, 15) is 29.8 Å². The van der Waals surface area contributed by atoms with Crippen LogP contribution >= 0.6 is 0 Å². The molecule has 174 valence electrons. The fraction of sp³-hybridized carbons (Fsp3) is 0.0909. The average Bonchev–Trinajstić information content (AvgIpc) is 2.84. The van der Waals surface area contributed by atoms with Gasteiger partial charge >= 0.3 is 0 Å². The molecule has 3 aromatic rings. The summed E-state index contributed by atoms with van der Waals surface area (Å²) in [6.45, 7) is 0. The zero-order valence-corrected chi connectivity index (χ0v) is 17.9. The molecule has 2 amide bonds. The Bertz CT molecular complexity index is 1190. The summed E-state index contributed by atoms with van der Waals surface area (Å²) in [5, 5.41) is 27.4. The average molecular weight is 466 g/mol. The van der Waals surface area contributed by atoms with E-state index in [1.54, 1.807) is 12.1 Å². The molecule has 0 heterocycles. The van der Waals surface area contributed by atoms with Gasteiger partial charge in [-0.3, -0.25) is 29.8 Å². The first-order valence-electron chi connectivity index (χ1n) is 9.61. The molecule has 0 unspecified atom stereocenters. The Balaban J connectivity index is 1.91. The molecule has 2 N–H and O–H groups in total. The number of para-hydroxylation sites is 2. The largest absolute Gasteiger partial charge is 0.496 e. The Morgan fingerprint density at radius 1 is 0.706 bits per heavy atom. The molecule has 0 radical (unpaired) electrons. The van der Waals surface area contributed by atoms with Crippen molar-refractivity contribution in [2.24, 2.45) is 0 Å². The van der Waals surface area contributed by atoms with Crippen LogP contribution in [0.5, 0.6) is 11.5 Å². The van der Waals surface area contributed by atoms with Crippen LogP contribution in [-0.4, -0.2) is 35.9 Å². The first kappa shape index (κ1) is 23.7. The van der Waals surface area contributed by atoms with Crippen molar-refractivity contribution < 1.29 is 28.9 Å². The third kappa shape index (κ3) is 5.07. The van der Waals surface area contributed by atoms with E-state index in [0.717, 1.165) is 12.1 Å². The van der Waals surface area contributed by atoms with Crippen molar-refractivity contribution in [3.8, 4) is 11.5 Å². The number of ether oxygens (including phenoxy) is 2. The highest BCUT2D eigenvalue weighted by molar-refractivity contribution is 6.11. The summed E-state index contributed by atoms with van der Waals surface area (Å²) in [6, 6.07) is 13.4. The first-order valence-corrected chi connectivity index (χ1v) is 9.61. The highest BCUT2D eigenvalue weighted by Crippen LogP contribution is 2.29. The number of non-ortho nitro benzene ring substituents is 2. The third-order valence-electron chi connectivity index (χ3n) is 4.70. The summed E-state index contributed by atoms with van der Waals surface area (Å²) in [4.78, 5) is 46.7. The summed E-state index contributed by atoms with van der Waals surface area (Å²) >= 11 is 0. The molecular weight excluding hydrogens is 448 g/mol. The van der Waals surface area contributed by atoms with Crippen LogP contribution in [0.15, 0.2) is 60.7 Å². The number of carbonyl (C=O) groups is 2. The number of hydrogen-bond donors (Lipinski definition) is 2. The van der Waals surface area contributed by atoms with E-state index in [4.69, 9.17) is 9.47 Å². The number of nitro benzene ring substituents is 2. The van der Waals surface area contributed by atoms with Gasteiger partial charge in [-0.25, -0.2) is 0 Å². The predicted octanol–water partition coefficient (Wildman–Crippen LogP) is 4.02. The number of nitrogens with one attached hydrogen (secondary N) is 2. The molecule has 0 fully saturated rings. The van der Waals surface area contributed by atoms with E-state index in [1.807, 2.05) is 0 Å². The summed E-state index contributed by atoms with van der Waals surface area (Å²) < 4.78 is 10.3. The summed E-state index contributed by atoms with van der Waals surface area (Å²) in [5.41, 5.74) is -0.412. The fourth-order valence-corrected chi connectivity index (χ4v) is 3.05. The maximum atomic E-state index is 12.9. The molecular formula is C22H18N4O8. The molecule has 3 rings (SSSR count). The highest BCUT2D eigenvalue weighted by atomic mass is 16.6. The van der Waals surface area contributed by atoms with Crippen LogP contribution in [0.1, 0.15) is 20.7 Å². The van der Waals surface area contributed by atoms with Gasteiger partial charge in [0.15, 0.2) is 0 Å². The van der Waals surface area contributed by atoms with Gasteiger partial charge in [0.1, 0.15) is 11.5 Å².